The number of ether oxygens (including phenoxy) is 1. The summed E-state index contributed by atoms with van der Waals surface area (Å²) in [6.45, 7) is 6.74. The van der Waals surface area contributed by atoms with Crippen LogP contribution in [-0.2, 0) is 26.2 Å². The first-order valence-corrected chi connectivity index (χ1v) is 14.6. The highest BCUT2D eigenvalue weighted by Crippen LogP contribution is 2.23. The Bertz CT molecular complexity index is 1160. The van der Waals surface area contributed by atoms with Gasteiger partial charge in [0.1, 0.15) is 11.8 Å². The molecule has 0 saturated heterocycles. The minimum Gasteiger partial charge on any atom is -0.497 e. The van der Waals surface area contributed by atoms with E-state index in [0.29, 0.717) is 29.4 Å². The molecule has 1 unspecified atom stereocenters. The standard InChI is InChI=1S/C27H38ClN3O5S/c1-6-25(27(33)29-18-20(2)3)30(19-21-10-7-13-24(16-21)36-4)26(32)14-9-15-31(37(5,34)35)23-12-8-11-22(28)17-23/h7-8,10-13,16-17,20,25H,6,9,14-15,18-19H2,1-5H3,(H,29,33). The summed E-state index contributed by atoms with van der Waals surface area (Å²) < 4.78 is 31.5. The number of rotatable bonds is 14. The Morgan fingerprint density at radius 2 is 1.81 bits per heavy atom. The second-order valence-electron chi connectivity index (χ2n) is 9.35. The topological polar surface area (TPSA) is 96.0 Å². The van der Waals surface area contributed by atoms with Crippen LogP contribution in [0.3, 0.4) is 0 Å². The molecule has 0 spiro atoms. The Hall–Kier alpha value is -2.78. The third-order valence-electron chi connectivity index (χ3n) is 5.81. The van der Waals surface area contributed by atoms with Crippen LogP contribution < -0.4 is 14.4 Å². The number of benzene rings is 2. The van der Waals surface area contributed by atoms with Crippen LogP contribution in [0.4, 0.5) is 5.69 Å². The summed E-state index contributed by atoms with van der Waals surface area (Å²) in [5, 5.41) is 3.36. The Morgan fingerprint density at radius 3 is 2.41 bits per heavy atom. The first-order valence-electron chi connectivity index (χ1n) is 12.4. The van der Waals surface area contributed by atoms with Gasteiger partial charge in [0.2, 0.25) is 21.8 Å². The molecule has 0 aliphatic heterocycles. The fourth-order valence-electron chi connectivity index (χ4n) is 3.94. The van der Waals surface area contributed by atoms with Gasteiger partial charge < -0.3 is 15.0 Å². The number of hydrogen-bond donors (Lipinski definition) is 1. The van der Waals surface area contributed by atoms with Crippen LogP contribution in [0.1, 0.15) is 45.6 Å². The van der Waals surface area contributed by atoms with Crippen LogP contribution in [0.5, 0.6) is 5.75 Å². The zero-order chi connectivity index (χ0) is 27.6. The number of anilines is 1. The molecule has 2 amide bonds. The minimum atomic E-state index is -3.59. The molecule has 2 aromatic carbocycles. The summed E-state index contributed by atoms with van der Waals surface area (Å²) in [5.41, 5.74) is 1.27. The molecule has 0 fully saturated rings. The third-order valence-corrected chi connectivity index (χ3v) is 7.24. The lowest BCUT2D eigenvalue weighted by Crippen LogP contribution is -2.49. The quantitative estimate of drug-likeness (QED) is 0.373. The van der Waals surface area contributed by atoms with Crippen LogP contribution in [0, 0.1) is 5.92 Å². The maximum atomic E-state index is 13.5. The van der Waals surface area contributed by atoms with E-state index in [0.717, 1.165) is 11.8 Å². The molecule has 37 heavy (non-hydrogen) atoms. The largest absolute Gasteiger partial charge is 0.497 e. The lowest BCUT2D eigenvalue weighted by molar-refractivity contribution is -0.141. The van der Waals surface area contributed by atoms with Gasteiger partial charge in [0.15, 0.2) is 0 Å². The molecular weight excluding hydrogens is 514 g/mol. The average molecular weight is 552 g/mol. The van der Waals surface area contributed by atoms with Crippen molar-refractivity contribution < 1.29 is 22.7 Å². The Morgan fingerprint density at radius 1 is 1.11 bits per heavy atom. The summed E-state index contributed by atoms with van der Waals surface area (Å²) in [7, 11) is -2.01. The highest BCUT2D eigenvalue weighted by molar-refractivity contribution is 7.92. The minimum absolute atomic E-state index is 0.0739. The molecular formula is C27H38ClN3O5S. The molecule has 204 valence electrons. The van der Waals surface area contributed by atoms with Gasteiger partial charge in [-0.1, -0.05) is 50.6 Å². The van der Waals surface area contributed by atoms with Gasteiger partial charge in [-0.25, -0.2) is 8.42 Å². The number of sulfonamides is 1. The number of nitrogens with zero attached hydrogens (tertiary/aromatic N) is 2. The fourth-order valence-corrected chi connectivity index (χ4v) is 5.09. The van der Waals surface area contributed by atoms with Crippen LogP contribution in [0.15, 0.2) is 48.5 Å². The summed E-state index contributed by atoms with van der Waals surface area (Å²) >= 11 is 6.06. The van der Waals surface area contributed by atoms with Crippen LogP contribution in [0.2, 0.25) is 5.02 Å². The van der Waals surface area contributed by atoms with Gasteiger partial charge in [0, 0.05) is 31.1 Å². The first kappa shape index (κ1) is 30.4. The van der Waals surface area contributed by atoms with E-state index < -0.39 is 16.1 Å². The van der Waals surface area contributed by atoms with Crippen molar-refractivity contribution in [2.24, 2.45) is 5.92 Å². The fraction of sp³-hybridized carbons (Fsp3) is 0.481. The van der Waals surface area contributed by atoms with E-state index in [9.17, 15) is 18.0 Å². The molecule has 2 rings (SSSR count). The highest BCUT2D eigenvalue weighted by atomic mass is 35.5. The molecule has 0 radical (unpaired) electrons. The third kappa shape index (κ3) is 9.55. The Balaban J connectivity index is 2.23. The van der Waals surface area contributed by atoms with E-state index in [2.05, 4.69) is 5.32 Å². The van der Waals surface area contributed by atoms with Gasteiger partial charge in [-0.3, -0.25) is 13.9 Å². The van der Waals surface area contributed by atoms with Crippen molar-refractivity contribution in [1.29, 1.82) is 0 Å². The zero-order valence-corrected chi connectivity index (χ0v) is 23.8. The van der Waals surface area contributed by atoms with Crippen molar-refractivity contribution in [3.63, 3.8) is 0 Å². The number of hydrogen-bond acceptors (Lipinski definition) is 5. The van der Waals surface area contributed by atoms with Crippen molar-refractivity contribution in [1.82, 2.24) is 10.2 Å². The summed E-state index contributed by atoms with van der Waals surface area (Å²) in [6.07, 6.45) is 1.91. The van der Waals surface area contributed by atoms with E-state index in [1.807, 2.05) is 45.0 Å². The van der Waals surface area contributed by atoms with Gasteiger partial charge in [0.25, 0.3) is 0 Å². The van der Waals surface area contributed by atoms with Crippen molar-refractivity contribution in [2.45, 2.75) is 52.6 Å². The maximum Gasteiger partial charge on any atom is 0.242 e. The molecule has 0 aliphatic rings. The highest BCUT2D eigenvalue weighted by Gasteiger charge is 2.29. The SMILES string of the molecule is CCC(C(=O)NCC(C)C)N(Cc1cccc(OC)c1)C(=O)CCCN(c1cccc(Cl)c1)S(C)(=O)=O. The smallest absolute Gasteiger partial charge is 0.242 e. The lowest BCUT2D eigenvalue weighted by Gasteiger charge is -2.31. The van der Waals surface area contributed by atoms with E-state index in [1.54, 1.807) is 36.3 Å². The van der Waals surface area contributed by atoms with Gasteiger partial charge in [0.05, 0.1) is 19.1 Å². The predicted molar refractivity (Wildman–Crippen MR) is 148 cm³/mol. The van der Waals surface area contributed by atoms with Gasteiger partial charge >= 0.3 is 0 Å². The van der Waals surface area contributed by atoms with Crippen LogP contribution in [0.25, 0.3) is 0 Å². The summed E-state index contributed by atoms with van der Waals surface area (Å²) in [4.78, 5) is 28.1. The second kappa shape index (κ2) is 14.2. The predicted octanol–water partition coefficient (Wildman–Crippen LogP) is 4.47. The van der Waals surface area contributed by atoms with E-state index in [4.69, 9.17) is 16.3 Å². The van der Waals surface area contributed by atoms with Crippen molar-refractivity contribution in [3.8, 4) is 5.75 Å². The second-order valence-corrected chi connectivity index (χ2v) is 11.7. The van der Waals surface area contributed by atoms with E-state index in [1.165, 1.54) is 4.31 Å². The number of methoxy groups -OCH3 is 1. The molecule has 0 heterocycles. The Kier molecular flexibility index (Phi) is 11.7. The van der Waals surface area contributed by atoms with Gasteiger partial charge in [-0.05, 0) is 54.7 Å². The van der Waals surface area contributed by atoms with E-state index >= 15 is 0 Å². The number of carbonyl (C=O) groups excluding carboxylic acids is 2. The number of halogens is 1. The number of carbonyl (C=O) groups is 2. The van der Waals surface area contributed by atoms with Crippen LogP contribution in [-0.4, -0.2) is 57.6 Å². The molecule has 1 N–H and O–H groups in total. The van der Waals surface area contributed by atoms with Crippen LogP contribution >= 0.6 is 11.6 Å². The molecule has 0 aromatic heterocycles. The van der Waals surface area contributed by atoms with Gasteiger partial charge in [-0.15, -0.1) is 0 Å². The van der Waals surface area contributed by atoms with Crippen molar-refractivity contribution >= 4 is 39.1 Å². The normalized spacial score (nSPS) is 12.2. The maximum absolute atomic E-state index is 13.5. The van der Waals surface area contributed by atoms with Gasteiger partial charge in [-0.2, -0.15) is 0 Å². The molecule has 10 heteroatoms. The van der Waals surface area contributed by atoms with Crippen molar-refractivity contribution in [3.05, 3.63) is 59.1 Å². The zero-order valence-electron chi connectivity index (χ0n) is 22.2. The molecule has 0 bridgehead atoms. The summed E-state index contributed by atoms with van der Waals surface area (Å²) in [6, 6.07) is 13.3. The van der Waals surface area contributed by atoms with E-state index in [-0.39, 0.29) is 43.7 Å². The number of nitrogens with one attached hydrogen (secondary N) is 1. The molecule has 0 saturated carbocycles. The Labute approximate surface area is 226 Å². The average Bonchev–Trinajstić information content (AvgIpc) is 2.84. The first-order chi connectivity index (χ1) is 17.5. The summed E-state index contributed by atoms with van der Waals surface area (Å²) in [5.74, 6) is 0.503. The monoisotopic (exact) mass is 551 g/mol. The van der Waals surface area contributed by atoms with Crippen molar-refractivity contribution in [2.75, 3.05) is 30.8 Å². The number of amides is 2. The lowest BCUT2D eigenvalue weighted by atomic mass is 10.1. The molecule has 0 aliphatic carbocycles. The molecule has 1 atom stereocenters. The molecule has 2 aromatic rings. The molecule has 8 nitrogen and oxygen atoms in total.